The molecule has 0 fully saturated rings. The molecule has 1 aromatic carbocycles. The molecule has 0 saturated carbocycles. The minimum Gasteiger partial charge on any atom is -0.489 e. The molecule has 2 heterocycles. The normalized spacial score (nSPS) is 17.3. The Labute approximate surface area is 124 Å². The van der Waals surface area contributed by atoms with Gasteiger partial charge in [-0.2, -0.15) is 0 Å². The van der Waals surface area contributed by atoms with Crippen LogP contribution in [-0.2, 0) is 17.7 Å². The first-order valence-electron chi connectivity index (χ1n) is 7.26. The Kier molecular flexibility index (Phi) is 4.18. The lowest BCUT2D eigenvalue weighted by molar-refractivity contribution is 0.00989. The lowest BCUT2D eigenvalue weighted by Crippen LogP contribution is -2.22. The van der Waals surface area contributed by atoms with E-state index < -0.39 is 0 Å². The summed E-state index contributed by atoms with van der Waals surface area (Å²) < 4.78 is 11.8. The second-order valence-corrected chi connectivity index (χ2v) is 5.22. The number of nitrogens with two attached hydrogens (primary N) is 1. The maximum Gasteiger partial charge on any atom is 0.142 e. The number of nitrogens with zero attached hydrogens (tertiary/aromatic N) is 1. The summed E-state index contributed by atoms with van der Waals surface area (Å²) in [6.07, 6.45) is 0.939. The molecule has 1 atom stereocenters. The van der Waals surface area contributed by atoms with E-state index in [1.54, 1.807) is 0 Å². The number of aromatic nitrogens is 1. The molecule has 21 heavy (non-hydrogen) atoms. The fourth-order valence-electron chi connectivity index (χ4n) is 2.66. The second-order valence-electron chi connectivity index (χ2n) is 5.22. The lowest BCUT2D eigenvalue weighted by atomic mass is 9.98. The molecule has 0 amide bonds. The summed E-state index contributed by atoms with van der Waals surface area (Å²) in [4.78, 5) is 4.41. The van der Waals surface area contributed by atoms with E-state index in [9.17, 15) is 0 Å². The molecule has 1 unspecified atom stereocenters. The van der Waals surface area contributed by atoms with E-state index in [0.717, 1.165) is 30.2 Å². The highest BCUT2D eigenvalue weighted by molar-refractivity contribution is 5.32. The Morgan fingerprint density at radius 3 is 3.00 bits per heavy atom. The predicted molar refractivity (Wildman–Crippen MR) is 81.2 cm³/mol. The average Bonchev–Trinajstić information content (AvgIpc) is 2.53. The van der Waals surface area contributed by atoms with Crippen LogP contribution in [0.5, 0.6) is 5.75 Å². The number of pyridine rings is 1. The average molecular weight is 284 g/mol. The van der Waals surface area contributed by atoms with Gasteiger partial charge in [0, 0.05) is 12.2 Å². The van der Waals surface area contributed by atoms with E-state index in [1.807, 2.05) is 25.1 Å². The van der Waals surface area contributed by atoms with Gasteiger partial charge < -0.3 is 15.2 Å². The van der Waals surface area contributed by atoms with Gasteiger partial charge in [0.25, 0.3) is 0 Å². The standard InChI is InChI=1S/C17H20N2O2/c1-12-6-7-16(15(10-18)19-12)21-11-17-14-5-3-2-4-13(14)8-9-20-17/h2-7,17H,8-11,18H2,1H3. The van der Waals surface area contributed by atoms with Crippen LogP contribution in [-0.4, -0.2) is 18.2 Å². The third kappa shape index (κ3) is 3.06. The zero-order chi connectivity index (χ0) is 14.7. The second kappa shape index (κ2) is 6.24. The van der Waals surface area contributed by atoms with Crippen molar-refractivity contribution >= 4 is 0 Å². The summed E-state index contributed by atoms with van der Waals surface area (Å²) in [6, 6.07) is 12.2. The largest absolute Gasteiger partial charge is 0.489 e. The molecule has 1 aromatic heterocycles. The Morgan fingerprint density at radius 1 is 1.29 bits per heavy atom. The van der Waals surface area contributed by atoms with Gasteiger partial charge in [-0.15, -0.1) is 0 Å². The third-order valence-electron chi connectivity index (χ3n) is 3.75. The number of benzene rings is 1. The van der Waals surface area contributed by atoms with E-state index in [-0.39, 0.29) is 6.10 Å². The minimum absolute atomic E-state index is 0.0260. The van der Waals surface area contributed by atoms with Crippen molar-refractivity contribution < 1.29 is 9.47 Å². The number of ether oxygens (including phenoxy) is 2. The summed E-state index contributed by atoms with van der Waals surface area (Å²) in [6.45, 7) is 3.54. The maximum absolute atomic E-state index is 5.91. The molecule has 0 radical (unpaired) electrons. The molecule has 1 aliphatic rings. The van der Waals surface area contributed by atoms with Crippen molar-refractivity contribution in [1.82, 2.24) is 4.98 Å². The third-order valence-corrected chi connectivity index (χ3v) is 3.75. The number of hydrogen-bond donors (Lipinski definition) is 1. The van der Waals surface area contributed by atoms with Crippen molar-refractivity contribution in [2.24, 2.45) is 5.73 Å². The van der Waals surface area contributed by atoms with Crippen LogP contribution in [0.1, 0.15) is 28.6 Å². The van der Waals surface area contributed by atoms with E-state index in [0.29, 0.717) is 13.2 Å². The molecule has 110 valence electrons. The molecule has 1 aliphatic heterocycles. The van der Waals surface area contributed by atoms with Crippen molar-refractivity contribution in [2.45, 2.75) is 26.0 Å². The minimum atomic E-state index is -0.0260. The van der Waals surface area contributed by atoms with Crippen LogP contribution in [0.25, 0.3) is 0 Å². The van der Waals surface area contributed by atoms with Gasteiger partial charge >= 0.3 is 0 Å². The molecular weight excluding hydrogens is 264 g/mol. The van der Waals surface area contributed by atoms with Crippen LogP contribution in [0.4, 0.5) is 0 Å². The Hall–Kier alpha value is -1.91. The van der Waals surface area contributed by atoms with Gasteiger partial charge in [-0.25, -0.2) is 0 Å². The number of hydrogen-bond acceptors (Lipinski definition) is 4. The van der Waals surface area contributed by atoms with Gasteiger partial charge in [0.15, 0.2) is 0 Å². The van der Waals surface area contributed by atoms with Crippen LogP contribution >= 0.6 is 0 Å². The number of aryl methyl sites for hydroxylation is 1. The Morgan fingerprint density at radius 2 is 2.14 bits per heavy atom. The van der Waals surface area contributed by atoms with Gasteiger partial charge in [-0.1, -0.05) is 24.3 Å². The van der Waals surface area contributed by atoms with Gasteiger partial charge in [0.1, 0.15) is 18.5 Å². The van der Waals surface area contributed by atoms with Gasteiger partial charge in [-0.05, 0) is 36.6 Å². The highest BCUT2D eigenvalue weighted by Gasteiger charge is 2.21. The summed E-state index contributed by atoms with van der Waals surface area (Å²) in [7, 11) is 0. The predicted octanol–water partition coefficient (Wildman–Crippen LogP) is 2.54. The molecule has 4 heteroatoms. The van der Waals surface area contributed by atoms with Crippen molar-refractivity contribution in [2.75, 3.05) is 13.2 Å². The van der Waals surface area contributed by atoms with E-state index in [2.05, 4.69) is 23.2 Å². The van der Waals surface area contributed by atoms with Crippen LogP contribution < -0.4 is 10.5 Å². The van der Waals surface area contributed by atoms with Crippen molar-refractivity contribution in [1.29, 1.82) is 0 Å². The quantitative estimate of drug-likeness (QED) is 0.937. The van der Waals surface area contributed by atoms with Crippen LogP contribution in [0.15, 0.2) is 36.4 Å². The molecule has 2 aromatic rings. The highest BCUT2D eigenvalue weighted by atomic mass is 16.5. The molecule has 0 aliphatic carbocycles. The van der Waals surface area contributed by atoms with Crippen molar-refractivity contribution in [3.8, 4) is 5.75 Å². The monoisotopic (exact) mass is 284 g/mol. The smallest absolute Gasteiger partial charge is 0.142 e. The highest BCUT2D eigenvalue weighted by Crippen LogP contribution is 2.28. The molecule has 2 N–H and O–H groups in total. The molecule has 0 bridgehead atoms. The maximum atomic E-state index is 5.91. The number of rotatable bonds is 4. The first kappa shape index (κ1) is 14.0. The summed E-state index contributed by atoms with van der Waals surface area (Å²) in [5.74, 6) is 0.745. The summed E-state index contributed by atoms with van der Waals surface area (Å²) in [5.41, 5.74) is 10.0. The first-order chi connectivity index (χ1) is 10.3. The fourth-order valence-corrected chi connectivity index (χ4v) is 2.66. The van der Waals surface area contributed by atoms with Crippen LogP contribution in [0.3, 0.4) is 0 Å². The van der Waals surface area contributed by atoms with Crippen LogP contribution in [0, 0.1) is 6.92 Å². The molecule has 0 spiro atoms. The van der Waals surface area contributed by atoms with Crippen molar-refractivity contribution in [3.63, 3.8) is 0 Å². The summed E-state index contributed by atoms with van der Waals surface area (Å²) >= 11 is 0. The molecule has 0 saturated heterocycles. The number of fused-ring (bicyclic) bond motifs is 1. The molecule has 4 nitrogen and oxygen atoms in total. The lowest BCUT2D eigenvalue weighted by Gasteiger charge is -2.26. The molecule has 3 rings (SSSR count). The van der Waals surface area contributed by atoms with E-state index in [1.165, 1.54) is 11.1 Å². The molecular formula is C17H20N2O2. The summed E-state index contributed by atoms with van der Waals surface area (Å²) in [5, 5.41) is 0. The topological polar surface area (TPSA) is 57.4 Å². The van der Waals surface area contributed by atoms with Gasteiger partial charge in [0.05, 0.1) is 12.3 Å². The van der Waals surface area contributed by atoms with Gasteiger partial charge in [0.2, 0.25) is 0 Å². The van der Waals surface area contributed by atoms with E-state index >= 15 is 0 Å². The Bertz CT molecular complexity index is 628. The van der Waals surface area contributed by atoms with Gasteiger partial charge in [-0.3, -0.25) is 4.98 Å². The first-order valence-corrected chi connectivity index (χ1v) is 7.26. The van der Waals surface area contributed by atoms with Crippen molar-refractivity contribution in [3.05, 3.63) is 58.9 Å². The SMILES string of the molecule is Cc1ccc(OCC2OCCc3ccccc32)c(CN)n1. The fraction of sp³-hybridized carbons (Fsp3) is 0.353. The van der Waals surface area contributed by atoms with E-state index in [4.69, 9.17) is 15.2 Å². The van der Waals surface area contributed by atoms with Crippen LogP contribution in [0.2, 0.25) is 0 Å². The zero-order valence-electron chi connectivity index (χ0n) is 12.2. The zero-order valence-corrected chi connectivity index (χ0v) is 12.2. The Balaban J connectivity index is 1.74.